The normalized spacial score (nSPS) is 6.75. The third-order valence-electron chi connectivity index (χ3n) is 0.534. The number of esters is 1. The molecule has 0 amide bonds. The number of carbonyl (C=O) groups is 1. The Morgan fingerprint density at radius 2 is 2.00 bits per heavy atom. The number of rotatable bonds is 1. The SMILES string of the molecule is C=C(C)C(=O)OC.[Na+]. The minimum atomic E-state index is -0.347. The fourth-order valence-corrected chi connectivity index (χ4v) is 0.174. The maximum Gasteiger partial charge on any atom is 1.00 e. The van der Waals surface area contributed by atoms with Crippen LogP contribution in [0.15, 0.2) is 12.2 Å². The van der Waals surface area contributed by atoms with Gasteiger partial charge in [0.15, 0.2) is 0 Å². The number of hydrogen-bond acceptors (Lipinski definition) is 2. The first-order chi connectivity index (χ1) is 3.18. The maximum absolute atomic E-state index is 10.2. The molecule has 40 valence electrons. The van der Waals surface area contributed by atoms with Gasteiger partial charge in [-0.1, -0.05) is 6.58 Å². The summed E-state index contributed by atoms with van der Waals surface area (Å²) in [7, 11) is 1.33. The number of ether oxygens (including phenoxy) is 1. The van der Waals surface area contributed by atoms with Gasteiger partial charge in [-0.25, -0.2) is 4.79 Å². The molecule has 0 atom stereocenters. The average Bonchev–Trinajstić information content (AvgIpc) is 1.65. The smallest absolute Gasteiger partial charge is 0.466 e. The van der Waals surface area contributed by atoms with Gasteiger partial charge in [0.1, 0.15) is 0 Å². The van der Waals surface area contributed by atoms with Gasteiger partial charge in [-0.2, -0.15) is 0 Å². The Bertz CT molecular complexity index is 98.6. The summed E-state index contributed by atoms with van der Waals surface area (Å²) in [6.45, 7) is 4.95. The summed E-state index contributed by atoms with van der Waals surface area (Å²) in [6, 6.07) is 0. The summed E-state index contributed by atoms with van der Waals surface area (Å²) in [5.74, 6) is -0.347. The van der Waals surface area contributed by atoms with Crippen molar-refractivity contribution in [3.8, 4) is 0 Å². The molecular formula is C5H8NaO2+. The zero-order chi connectivity index (χ0) is 5.86. The van der Waals surface area contributed by atoms with Gasteiger partial charge in [-0.15, -0.1) is 0 Å². The van der Waals surface area contributed by atoms with Gasteiger partial charge in [0.05, 0.1) is 7.11 Å². The van der Waals surface area contributed by atoms with Crippen molar-refractivity contribution in [2.45, 2.75) is 6.92 Å². The second kappa shape index (κ2) is 5.35. The number of carbonyl (C=O) groups excluding carboxylic acids is 1. The maximum atomic E-state index is 10.2. The van der Waals surface area contributed by atoms with E-state index in [0.717, 1.165) is 0 Å². The van der Waals surface area contributed by atoms with Gasteiger partial charge in [0, 0.05) is 5.57 Å². The van der Waals surface area contributed by atoms with Crippen molar-refractivity contribution in [2.75, 3.05) is 7.11 Å². The van der Waals surface area contributed by atoms with E-state index in [2.05, 4.69) is 11.3 Å². The van der Waals surface area contributed by atoms with Crippen molar-refractivity contribution in [1.29, 1.82) is 0 Å². The fraction of sp³-hybridized carbons (Fsp3) is 0.400. The molecule has 0 saturated carbocycles. The largest absolute Gasteiger partial charge is 1.00 e. The minimum absolute atomic E-state index is 0. The Morgan fingerprint density at radius 3 is 2.00 bits per heavy atom. The molecule has 8 heavy (non-hydrogen) atoms. The van der Waals surface area contributed by atoms with Crippen LogP contribution in [0.4, 0.5) is 0 Å². The monoisotopic (exact) mass is 123 g/mol. The summed E-state index contributed by atoms with van der Waals surface area (Å²) in [4.78, 5) is 10.2. The van der Waals surface area contributed by atoms with Crippen molar-refractivity contribution in [3.05, 3.63) is 12.2 Å². The van der Waals surface area contributed by atoms with Gasteiger partial charge < -0.3 is 4.74 Å². The summed E-state index contributed by atoms with van der Waals surface area (Å²) in [5, 5.41) is 0. The van der Waals surface area contributed by atoms with Crippen LogP contribution in [-0.2, 0) is 9.53 Å². The molecule has 0 N–H and O–H groups in total. The van der Waals surface area contributed by atoms with E-state index < -0.39 is 0 Å². The summed E-state index contributed by atoms with van der Waals surface area (Å²) in [5.41, 5.74) is 0.433. The first kappa shape index (κ1) is 11.1. The first-order valence-corrected chi connectivity index (χ1v) is 1.92. The fourth-order valence-electron chi connectivity index (χ4n) is 0.174. The molecule has 0 heterocycles. The molecule has 0 unspecified atom stereocenters. The van der Waals surface area contributed by atoms with E-state index in [-0.39, 0.29) is 35.5 Å². The molecule has 0 aliphatic carbocycles. The van der Waals surface area contributed by atoms with Crippen molar-refractivity contribution >= 4 is 5.97 Å². The van der Waals surface area contributed by atoms with E-state index in [9.17, 15) is 4.79 Å². The third-order valence-corrected chi connectivity index (χ3v) is 0.534. The Kier molecular flexibility index (Phi) is 7.40. The van der Waals surface area contributed by atoms with Crippen LogP contribution in [0, 0.1) is 0 Å². The van der Waals surface area contributed by atoms with Gasteiger partial charge in [-0.3, -0.25) is 0 Å². The second-order valence-corrected chi connectivity index (χ2v) is 1.27. The summed E-state index contributed by atoms with van der Waals surface area (Å²) in [6.07, 6.45) is 0. The Labute approximate surface area is 71.2 Å². The van der Waals surface area contributed by atoms with Crippen LogP contribution in [0.5, 0.6) is 0 Å². The minimum Gasteiger partial charge on any atom is -0.466 e. The van der Waals surface area contributed by atoms with E-state index >= 15 is 0 Å². The molecule has 0 saturated heterocycles. The third kappa shape index (κ3) is 4.37. The molecule has 0 aromatic heterocycles. The molecule has 0 rings (SSSR count). The zero-order valence-electron chi connectivity index (χ0n) is 5.52. The molecule has 0 fully saturated rings. The molecular weight excluding hydrogens is 115 g/mol. The van der Waals surface area contributed by atoms with E-state index in [1.165, 1.54) is 7.11 Å². The van der Waals surface area contributed by atoms with Crippen LogP contribution in [0.3, 0.4) is 0 Å². The second-order valence-electron chi connectivity index (χ2n) is 1.27. The summed E-state index contributed by atoms with van der Waals surface area (Å²) < 4.78 is 4.27. The van der Waals surface area contributed by atoms with Crippen molar-refractivity contribution in [1.82, 2.24) is 0 Å². The molecule has 2 nitrogen and oxygen atoms in total. The quantitative estimate of drug-likeness (QED) is 0.223. The van der Waals surface area contributed by atoms with Crippen molar-refractivity contribution in [2.24, 2.45) is 0 Å². The Balaban J connectivity index is 0. The molecule has 0 spiro atoms. The van der Waals surface area contributed by atoms with Crippen LogP contribution in [0.1, 0.15) is 6.92 Å². The molecule has 0 radical (unpaired) electrons. The standard InChI is InChI=1S/C5H8O2.Na/c1-4(2)5(6)7-3;/h1H2,2-3H3;/q;+1. The van der Waals surface area contributed by atoms with Gasteiger partial charge in [-0.05, 0) is 6.92 Å². The van der Waals surface area contributed by atoms with Gasteiger partial charge in [0.25, 0.3) is 0 Å². The van der Waals surface area contributed by atoms with Crippen LogP contribution in [0.2, 0.25) is 0 Å². The molecule has 0 bridgehead atoms. The predicted molar refractivity (Wildman–Crippen MR) is 26.8 cm³/mol. The van der Waals surface area contributed by atoms with E-state index in [0.29, 0.717) is 5.57 Å². The number of hydrogen-bond donors (Lipinski definition) is 0. The van der Waals surface area contributed by atoms with E-state index in [1.807, 2.05) is 0 Å². The van der Waals surface area contributed by atoms with Crippen molar-refractivity contribution < 1.29 is 39.1 Å². The van der Waals surface area contributed by atoms with Crippen LogP contribution >= 0.6 is 0 Å². The molecule has 0 aliphatic rings. The van der Waals surface area contributed by atoms with Crippen LogP contribution in [-0.4, -0.2) is 13.1 Å². The summed E-state index contributed by atoms with van der Waals surface area (Å²) >= 11 is 0. The molecule has 0 aromatic carbocycles. The molecule has 3 heteroatoms. The van der Waals surface area contributed by atoms with E-state index in [4.69, 9.17) is 0 Å². The van der Waals surface area contributed by atoms with Gasteiger partial charge in [0.2, 0.25) is 0 Å². The first-order valence-electron chi connectivity index (χ1n) is 1.92. The molecule has 0 aliphatic heterocycles. The Hall–Kier alpha value is 0.210. The Morgan fingerprint density at radius 1 is 1.62 bits per heavy atom. The molecule has 0 aromatic rings. The van der Waals surface area contributed by atoms with Gasteiger partial charge >= 0.3 is 35.5 Å². The average molecular weight is 123 g/mol. The van der Waals surface area contributed by atoms with Crippen LogP contribution < -0.4 is 29.6 Å². The zero-order valence-corrected chi connectivity index (χ0v) is 7.52. The van der Waals surface area contributed by atoms with Crippen LogP contribution in [0.25, 0.3) is 0 Å². The predicted octanol–water partition coefficient (Wildman–Crippen LogP) is -2.26. The number of methoxy groups -OCH3 is 1. The van der Waals surface area contributed by atoms with Crippen molar-refractivity contribution in [3.63, 3.8) is 0 Å². The van der Waals surface area contributed by atoms with E-state index in [1.54, 1.807) is 6.92 Å². The topological polar surface area (TPSA) is 26.3 Å².